The second-order valence-corrected chi connectivity index (χ2v) is 4.85. The van der Waals surface area contributed by atoms with Crippen molar-refractivity contribution in [3.05, 3.63) is 24.0 Å². The van der Waals surface area contributed by atoms with Crippen LogP contribution in [0.2, 0.25) is 0 Å². The molecular weight excluding hydrogens is 258 g/mol. The molecule has 2 heterocycles. The van der Waals surface area contributed by atoms with Gasteiger partial charge in [-0.05, 0) is 25.3 Å². The van der Waals surface area contributed by atoms with Gasteiger partial charge in [-0.1, -0.05) is 0 Å². The highest BCUT2D eigenvalue weighted by molar-refractivity contribution is 5.94. The lowest BCUT2D eigenvalue weighted by Crippen LogP contribution is -2.47. The first-order valence-electron chi connectivity index (χ1n) is 6.67. The summed E-state index contributed by atoms with van der Waals surface area (Å²) < 4.78 is 6.43. The van der Waals surface area contributed by atoms with E-state index in [2.05, 4.69) is 5.10 Å². The Balaban J connectivity index is 2.06. The maximum Gasteiger partial charge on any atom is 0.328 e. The van der Waals surface area contributed by atoms with Crippen molar-refractivity contribution in [2.75, 3.05) is 13.7 Å². The number of ether oxygens (including phenoxy) is 1. The van der Waals surface area contributed by atoms with Gasteiger partial charge in [0.2, 0.25) is 5.91 Å². The van der Waals surface area contributed by atoms with Crippen molar-refractivity contribution in [1.82, 2.24) is 14.7 Å². The summed E-state index contributed by atoms with van der Waals surface area (Å²) in [6, 6.07) is -0.459. The average molecular weight is 277 g/mol. The van der Waals surface area contributed by atoms with Gasteiger partial charge in [0.05, 0.1) is 13.3 Å². The summed E-state index contributed by atoms with van der Waals surface area (Å²) in [5, 5.41) is 4.03. The zero-order valence-electron chi connectivity index (χ0n) is 11.8. The maximum absolute atomic E-state index is 12.2. The van der Waals surface area contributed by atoms with E-state index < -0.39 is 6.04 Å². The van der Waals surface area contributed by atoms with Crippen LogP contribution in [0.1, 0.15) is 24.8 Å². The van der Waals surface area contributed by atoms with Crippen molar-refractivity contribution in [1.29, 1.82) is 0 Å². The van der Waals surface area contributed by atoms with Crippen molar-refractivity contribution < 1.29 is 14.3 Å². The van der Waals surface area contributed by atoms with Gasteiger partial charge in [0.15, 0.2) is 0 Å². The van der Waals surface area contributed by atoms with Crippen molar-refractivity contribution in [2.24, 2.45) is 7.05 Å². The minimum Gasteiger partial charge on any atom is -0.467 e. The van der Waals surface area contributed by atoms with Crippen molar-refractivity contribution >= 4 is 18.0 Å². The first kappa shape index (κ1) is 14.3. The monoisotopic (exact) mass is 277 g/mol. The number of carbonyl (C=O) groups excluding carboxylic acids is 2. The molecule has 1 saturated heterocycles. The van der Waals surface area contributed by atoms with Crippen LogP contribution < -0.4 is 0 Å². The molecule has 1 amide bonds. The minimum absolute atomic E-state index is 0.163. The molecule has 0 N–H and O–H groups in total. The van der Waals surface area contributed by atoms with Crippen LogP contribution in [0.25, 0.3) is 6.08 Å². The summed E-state index contributed by atoms with van der Waals surface area (Å²) in [6.07, 6.45) is 9.21. The van der Waals surface area contributed by atoms with Crippen LogP contribution in [0.15, 0.2) is 18.5 Å². The van der Waals surface area contributed by atoms with E-state index in [1.807, 2.05) is 13.2 Å². The fourth-order valence-corrected chi connectivity index (χ4v) is 2.37. The summed E-state index contributed by atoms with van der Waals surface area (Å²) in [7, 11) is 3.17. The Hall–Kier alpha value is -2.11. The average Bonchev–Trinajstić information content (AvgIpc) is 2.89. The molecule has 0 aliphatic carbocycles. The molecule has 0 aromatic carbocycles. The first-order valence-corrected chi connectivity index (χ1v) is 6.67. The predicted molar refractivity (Wildman–Crippen MR) is 73.6 cm³/mol. The summed E-state index contributed by atoms with van der Waals surface area (Å²) in [4.78, 5) is 25.5. The Morgan fingerprint density at radius 3 is 2.90 bits per heavy atom. The predicted octanol–water partition coefficient (Wildman–Crippen LogP) is 0.987. The fourth-order valence-electron chi connectivity index (χ4n) is 2.37. The van der Waals surface area contributed by atoms with Gasteiger partial charge < -0.3 is 9.64 Å². The quantitative estimate of drug-likeness (QED) is 0.610. The molecular formula is C14H19N3O3. The van der Waals surface area contributed by atoms with Crippen LogP contribution in [0.5, 0.6) is 0 Å². The van der Waals surface area contributed by atoms with Gasteiger partial charge in [-0.2, -0.15) is 5.10 Å². The van der Waals surface area contributed by atoms with E-state index in [0.29, 0.717) is 13.0 Å². The molecule has 20 heavy (non-hydrogen) atoms. The molecule has 0 radical (unpaired) electrons. The summed E-state index contributed by atoms with van der Waals surface area (Å²) in [5.41, 5.74) is 0.854. The maximum atomic E-state index is 12.2. The van der Waals surface area contributed by atoms with Crippen LogP contribution in [0, 0.1) is 0 Å². The number of carbonyl (C=O) groups is 2. The Kier molecular flexibility index (Phi) is 4.55. The Bertz CT molecular complexity index is 521. The van der Waals surface area contributed by atoms with E-state index in [4.69, 9.17) is 4.74 Å². The standard InChI is InChI=1S/C14H19N3O3/c1-16-10-11(9-15-16)6-7-13(18)17-8-4-3-5-12(17)14(19)20-2/h6-7,9-10,12H,3-5,8H2,1-2H3. The van der Waals surface area contributed by atoms with Gasteiger partial charge in [0.1, 0.15) is 6.04 Å². The highest BCUT2D eigenvalue weighted by Gasteiger charge is 2.31. The van der Waals surface area contributed by atoms with Gasteiger partial charge in [0, 0.05) is 31.4 Å². The molecule has 0 bridgehead atoms. The number of aryl methyl sites for hydroxylation is 1. The lowest BCUT2D eigenvalue weighted by atomic mass is 10.0. The van der Waals surface area contributed by atoms with Gasteiger partial charge in [0.25, 0.3) is 0 Å². The number of esters is 1. The van der Waals surface area contributed by atoms with Crippen LogP contribution in [0.3, 0.4) is 0 Å². The number of methoxy groups -OCH3 is 1. The fraction of sp³-hybridized carbons (Fsp3) is 0.500. The number of likely N-dealkylation sites (tertiary alicyclic amines) is 1. The molecule has 6 nitrogen and oxygen atoms in total. The molecule has 6 heteroatoms. The summed E-state index contributed by atoms with van der Waals surface area (Å²) >= 11 is 0. The molecule has 1 aromatic heterocycles. The largest absolute Gasteiger partial charge is 0.467 e. The van der Waals surface area contributed by atoms with Gasteiger partial charge in [-0.25, -0.2) is 4.79 Å². The molecule has 1 aliphatic heterocycles. The van der Waals surface area contributed by atoms with Crippen LogP contribution in [0.4, 0.5) is 0 Å². The SMILES string of the molecule is COC(=O)C1CCCCN1C(=O)C=Cc1cnn(C)c1. The van der Waals surface area contributed by atoms with Crippen molar-refractivity contribution in [3.63, 3.8) is 0 Å². The highest BCUT2D eigenvalue weighted by atomic mass is 16.5. The van der Waals surface area contributed by atoms with Crippen molar-refractivity contribution in [3.8, 4) is 0 Å². The summed E-state index contributed by atoms with van der Waals surface area (Å²) in [5.74, 6) is -0.503. The van der Waals surface area contributed by atoms with Crippen LogP contribution >= 0.6 is 0 Å². The third kappa shape index (κ3) is 3.26. The lowest BCUT2D eigenvalue weighted by Gasteiger charge is -2.32. The highest BCUT2D eigenvalue weighted by Crippen LogP contribution is 2.18. The molecule has 1 aromatic rings. The van der Waals surface area contributed by atoms with Crippen LogP contribution in [-0.2, 0) is 21.4 Å². The number of aromatic nitrogens is 2. The third-order valence-electron chi connectivity index (χ3n) is 3.40. The topological polar surface area (TPSA) is 64.4 Å². The lowest BCUT2D eigenvalue weighted by molar-refractivity contribution is -0.153. The summed E-state index contributed by atoms with van der Waals surface area (Å²) in [6.45, 7) is 0.593. The molecule has 1 atom stereocenters. The normalized spacial score (nSPS) is 19.3. The number of hydrogen-bond acceptors (Lipinski definition) is 4. The Morgan fingerprint density at radius 2 is 2.25 bits per heavy atom. The zero-order valence-corrected chi connectivity index (χ0v) is 11.8. The Labute approximate surface area is 118 Å². The zero-order chi connectivity index (χ0) is 14.5. The second-order valence-electron chi connectivity index (χ2n) is 4.85. The molecule has 1 unspecified atom stereocenters. The molecule has 2 rings (SSSR count). The van der Waals surface area contributed by atoms with E-state index in [1.54, 1.807) is 21.9 Å². The number of amides is 1. The van der Waals surface area contributed by atoms with E-state index in [9.17, 15) is 9.59 Å². The van der Waals surface area contributed by atoms with E-state index in [1.165, 1.54) is 13.2 Å². The van der Waals surface area contributed by atoms with E-state index in [-0.39, 0.29) is 11.9 Å². The molecule has 1 fully saturated rings. The van der Waals surface area contributed by atoms with Gasteiger partial charge in [-0.3, -0.25) is 9.48 Å². The van der Waals surface area contributed by atoms with E-state index in [0.717, 1.165) is 18.4 Å². The molecule has 108 valence electrons. The number of piperidine rings is 1. The third-order valence-corrected chi connectivity index (χ3v) is 3.40. The molecule has 1 aliphatic rings. The van der Waals surface area contributed by atoms with Gasteiger partial charge >= 0.3 is 5.97 Å². The first-order chi connectivity index (χ1) is 9.61. The molecule has 0 saturated carbocycles. The smallest absolute Gasteiger partial charge is 0.328 e. The number of rotatable bonds is 3. The second kappa shape index (κ2) is 6.36. The van der Waals surface area contributed by atoms with Gasteiger partial charge in [-0.15, -0.1) is 0 Å². The number of hydrogen-bond donors (Lipinski definition) is 0. The van der Waals surface area contributed by atoms with E-state index >= 15 is 0 Å². The van der Waals surface area contributed by atoms with Crippen LogP contribution in [-0.4, -0.2) is 46.3 Å². The van der Waals surface area contributed by atoms with Crippen molar-refractivity contribution in [2.45, 2.75) is 25.3 Å². The molecule has 0 spiro atoms. The minimum atomic E-state index is -0.459. The Morgan fingerprint density at radius 1 is 1.45 bits per heavy atom. The number of nitrogens with zero attached hydrogens (tertiary/aromatic N) is 3.